The van der Waals surface area contributed by atoms with Crippen LogP contribution in [0.3, 0.4) is 0 Å². The van der Waals surface area contributed by atoms with Crippen molar-refractivity contribution in [1.82, 2.24) is 9.80 Å². The first-order valence-electron chi connectivity index (χ1n) is 10.8. The Balaban J connectivity index is 1.39. The van der Waals surface area contributed by atoms with E-state index in [4.69, 9.17) is 9.47 Å². The Hall–Kier alpha value is -2.48. The van der Waals surface area contributed by atoms with E-state index in [0.717, 1.165) is 44.1 Å². The third-order valence-corrected chi connectivity index (χ3v) is 5.81. The van der Waals surface area contributed by atoms with Crippen molar-refractivity contribution >= 4 is 23.5 Å². The molecule has 3 aliphatic rings. The number of benzene rings is 1. The van der Waals surface area contributed by atoms with Crippen LogP contribution in [0, 0.1) is 0 Å². The molecule has 0 spiro atoms. The molecule has 8 nitrogen and oxygen atoms in total. The number of urea groups is 1. The first-order chi connectivity index (χ1) is 14.3. The molecule has 1 aromatic rings. The molecule has 0 N–H and O–H groups in total. The Labute approximate surface area is 178 Å². The van der Waals surface area contributed by atoms with E-state index in [9.17, 15) is 9.59 Å². The Morgan fingerprint density at radius 3 is 2.53 bits per heavy atom. The van der Waals surface area contributed by atoms with Gasteiger partial charge in [-0.05, 0) is 45.4 Å². The Morgan fingerprint density at radius 2 is 1.80 bits per heavy atom. The SMILES string of the molecule is CC(C)(C)OC(=O)N1CCC(N2CCN(c3cccc(N4CCOCC4)c3)C2=O)C1. The van der Waals surface area contributed by atoms with Crippen LogP contribution in [-0.2, 0) is 9.47 Å². The third kappa shape index (κ3) is 4.48. The van der Waals surface area contributed by atoms with Gasteiger partial charge in [0.2, 0.25) is 0 Å². The second-order valence-electron chi connectivity index (χ2n) is 9.12. The molecule has 4 rings (SSSR count). The van der Waals surface area contributed by atoms with Gasteiger partial charge in [-0.15, -0.1) is 0 Å². The molecule has 3 aliphatic heterocycles. The summed E-state index contributed by atoms with van der Waals surface area (Å²) in [6, 6.07) is 8.24. The van der Waals surface area contributed by atoms with E-state index in [2.05, 4.69) is 17.0 Å². The van der Waals surface area contributed by atoms with E-state index in [1.54, 1.807) is 4.90 Å². The van der Waals surface area contributed by atoms with Gasteiger partial charge in [-0.25, -0.2) is 9.59 Å². The number of carbonyl (C=O) groups excluding carboxylic acids is 2. The summed E-state index contributed by atoms with van der Waals surface area (Å²) in [5, 5.41) is 0. The molecule has 3 fully saturated rings. The van der Waals surface area contributed by atoms with Crippen LogP contribution in [0.25, 0.3) is 0 Å². The summed E-state index contributed by atoms with van der Waals surface area (Å²) in [5.41, 5.74) is 1.54. The van der Waals surface area contributed by atoms with Crippen molar-refractivity contribution in [1.29, 1.82) is 0 Å². The second kappa shape index (κ2) is 8.34. The van der Waals surface area contributed by atoms with Crippen molar-refractivity contribution in [3.63, 3.8) is 0 Å². The number of carbonyl (C=O) groups is 2. The monoisotopic (exact) mass is 416 g/mol. The molecular formula is C22H32N4O4. The zero-order valence-electron chi connectivity index (χ0n) is 18.2. The molecule has 1 aromatic carbocycles. The van der Waals surface area contributed by atoms with Crippen molar-refractivity contribution < 1.29 is 19.1 Å². The van der Waals surface area contributed by atoms with Crippen LogP contribution in [0.4, 0.5) is 21.0 Å². The smallest absolute Gasteiger partial charge is 0.410 e. The Kier molecular flexibility index (Phi) is 5.77. The summed E-state index contributed by atoms with van der Waals surface area (Å²) in [7, 11) is 0. The standard InChI is InChI=1S/C22H32N4O4/c1-22(2,3)30-21(28)24-8-7-19(16-24)26-10-9-25(20(26)27)18-6-4-5-17(15-18)23-11-13-29-14-12-23/h4-6,15,19H,7-14,16H2,1-3H3. The van der Waals surface area contributed by atoms with Gasteiger partial charge in [-0.3, -0.25) is 4.90 Å². The molecule has 0 aromatic heterocycles. The van der Waals surface area contributed by atoms with Crippen LogP contribution >= 0.6 is 0 Å². The minimum absolute atomic E-state index is 0.0187. The highest BCUT2D eigenvalue weighted by Crippen LogP contribution is 2.29. The van der Waals surface area contributed by atoms with Crippen molar-refractivity contribution in [2.45, 2.75) is 38.8 Å². The number of anilines is 2. The van der Waals surface area contributed by atoms with Gasteiger partial charge in [0, 0.05) is 50.6 Å². The molecule has 3 saturated heterocycles. The van der Waals surface area contributed by atoms with Crippen molar-refractivity contribution in [3.05, 3.63) is 24.3 Å². The zero-order valence-corrected chi connectivity index (χ0v) is 18.2. The minimum atomic E-state index is -0.513. The maximum absolute atomic E-state index is 13.2. The van der Waals surface area contributed by atoms with Crippen LogP contribution in [0.15, 0.2) is 24.3 Å². The number of hydrogen-bond acceptors (Lipinski definition) is 5. The summed E-state index contributed by atoms with van der Waals surface area (Å²) in [4.78, 5) is 33.3. The molecular weight excluding hydrogens is 384 g/mol. The van der Waals surface area contributed by atoms with Crippen LogP contribution in [0.1, 0.15) is 27.2 Å². The molecule has 8 heteroatoms. The van der Waals surface area contributed by atoms with E-state index in [0.29, 0.717) is 26.2 Å². The normalized spacial score (nSPS) is 22.8. The maximum atomic E-state index is 13.2. The average molecular weight is 417 g/mol. The lowest BCUT2D eigenvalue weighted by Gasteiger charge is -2.30. The lowest BCUT2D eigenvalue weighted by atomic mass is 10.2. The Morgan fingerprint density at radius 1 is 1.07 bits per heavy atom. The van der Waals surface area contributed by atoms with E-state index >= 15 is 0 Å². The van der Waals surface area contributed by atoms with E-state index in [1.807, 2.05) is 42.7 Å². The fraction of sp³-hybridized carbons (Fsp3) is 0.636. The number of amides is 3. The van der Waals surface area contributed by atoms with Crippen LogP contribution in [0.2, 0.25) is 0 Å². The van der Waals surface area contributed by atoms with Crippen molar-refractivity contribution in [3.8, 4) is 0 Å². The molecule has 0 aliphatic carbocycles. The summed E-state index contributed by atoms with van der Waals surface area (Å²) in [5.74, 6) is 0. The molecule has 0 radical (unpaired) electrons. The van der Waals surface area contributed by atoms with Gasteiger partial charge in [-0.2, -0.15) is 0 Å². The summed E-state index contributed by atoms with van der Waals surface area (Å²) < 4.78 is 10.9. The van der Waals surface area contributed by atoms with Crippen molar-refractivity contribution in [2.75, 3.05) is 62.3 Å². The minimum Gasteiger partial charge on any atom is -0.444 e. The largest absolute Gasteiger partial charge is 0.444 e. The zero-order chi connectivity index (χ0) is 21.3. The molecule has 0 bridgehead atoms. The second-order valence-corrected chi connectivity index (χ2v) is 9.12. The predicted octanol–water partition coefficient (Wildman–Crippen LogP) is 2.77. The molecule has 3 amide bonds. The Bertz CT molecular complexity index is 788. The van der Waals surface area contributed by atoms with Gasteiger partial charge in [0.25, 0.3) is 0 Å². The number of rotatable bonds is 3. The highest BCUT2D eigenvalue weighted by Gasteiger charge is 2.39. The lowest BCUT2D eigenvalue weighted by Crippen LogP contribution is -2.42. The molecule has 0 saturated carbocycles. The number of ether oxygens (including phenoxy) is 2. The molecule has 3 heterocycles. The van der Waals surface area contributed by atoms with Gasteiger partial charge in [0.15, 0.2) is 0 Å². The van der Waals surface area contributed by atoms with Gasteiger partial charge < -0.3 is 24.2 Å². The van der Waals surface area contributed by atoms with Crippen molar-refractivity contribution in [2.24, 2.45) is 0 Å². The van der Waals surface area contributed by atoms with E-state index < -0.39 is 5.60 Å². The van der Waals surface area contributed by atoms with Gasteiger partial charge in [0.1, 0.15) is 5.60 Å². The fourth-order valence-electron chi connectivity index (χ4n) is 4.30. The van der Waals surface area contributed by atoms with Crippen LogP contribution < -0.4 is 9.80 Å². The third-order valence-electron chi connectivity index (χ3n) is 5.81. The fourth-order valence-corrected chi connectivity index (χ4v) is 4.30. The molecule has 1 atom stereocenters. The predicted molar refractivity (Wildman–Crippen MR) is 115 cm³/mol. The number of hydrogen-bond donors (Lipinski definition) is 0. The van der Waals surface area contributed by atoms with Crippen LogP contribution in [-0.4, -0.2) is 86.0 Å². The molecule has 30 heavy (non-hydrogen) atoms. The quantitative estimate of drug-likeness (QED) is 0.758. The van der Waals surface area contributed by atoms with E-state index in [1.165, 1.54) is 0 Å². The topological polar surface area (TPSA) is 65.6 Å². The van der Waals surface area contributed by atoms with Gasteiger partial charge >= 0.3 is 12.1 Å². The first kappa shape index (κ1) is 20.8. The van der Waals surface area contributed by atoms with Crippen LogP contribution in [0.5, 0.6) is 0 Å². The maximum Gasteiger partial charge on any atom is 0.410 e. The van der Waals surface area contributed by atoms with Gasteiger partial charge in [-0.1, -0.05) is 6.07 Å². The van der Waals surface area contributed by atoms with E-state index in [-0.39, 0.29) is 18.2 Å². The summed E-state index contributed by atoms with van der Waals surface area (Å²) >= 11 is 0. The summed E-state index contributed by atoms with van der Waals surface area (Å²) in [6.45, 7) is 11.3. The highest BCUT2D eigenvalue weighted by molar-refractivity contribution is 5.95. The number of likely N-dealkylation sites (tertiary alicyclic amines) is 1. The highest BCUT2D eigenvalue weighted by atomic mass is 16.6. The number of nitrogens with zero attached hydrogens (tertiary/aromatic N) is 4. The molecule has 164 valence electrons. The first-order valence-corrected chi connectivity index (χ1v) is 10.8. The summed E-state index contributed by atoms with van der Waals surface area (Å²) in [6.07, 6.45) is 0.485. The van der Waals surface area contributed by atoms with Gasteiger partial charge in [0.05, 0.1) is 19.3 Å². The molecule has 1 unspecified atom stereocenters. The number of morpholine rings is 1. The lowest BCUT2D eigenvalue weighted by molar-refractivity contribution is 0.0284. The average Bonchev–Trinajstić information content (AvgIpc) is 3.34.